The minimum absolute atomic E-state index is 0.829. The lowest BCUT2D eigenvalue weighted by molar-refractivity contribution is 0.613. The fourth-order valence-electron chi connectivity index (χ4n) is 2.02. The van der Waals surface area contributed by atoms with Crippen molar-refractivity contribution in [3.63, 3.8) is 0 Å². The molecular formula is C14H18N2S. The summed E-state index contributed by atoms with van der Waals surface area (Å²) in [6.45, 7) is 5.33. The Morgan fingerprint density at radius 1 is 1.24 bits per heavy atom. The quantitative estimate of drug-likeness (QED) is 0.797. The third-order valence-electron chi connectivity index (χ3n) is 3.04. The van der Waals surface area contributed by atoms with Crippen molar-refractivity contribution in [2.75, 3.05) is 0 Å². The van der Waals surface area contributed by atoms with Crippen LogP contribution in [0.4, 0.5) is 0 Å². The summed E-state index contributed by atoms with van der Waals surface area (Å²) in [5.41, 5.74) is 3.58. The van der Waals surface area contributed by atoms with E-state index in [4.69, 9.17) is 12.2 Å². The molecule has 0 radical (unpaired) electrons. The largest absolute Gasteiger partial charge is 0.330 e. The van der Waals surface area contributed by atoms with Crippen LogP contribution in [0.2, 0.25) is 0 Å². The van der Waals surface area contributed by atoms with E-state index in [1.807, 2.05) is 6.07 Å². The molecule has 0 aliphatic heterocycles. The molecule has 1 N–H and O–H groups in total. The van der Waals surface area contributed by atoms with E-state index in [0.717, 1.165) is 17.0 Å². The highest BCUT2D eigenvalue weighted by Gasteiger charge is 2.08. The lowest BCUT2D eigenvalue weighted by atomic mass is 10.1. The van der Waals surface area contributed by atoms with Crippen molar-refractivity contribution in [2.24, 2.45) is 0 Å². The van der Waals surface area contributed by atoms with Gasteiger partial charge < -0.3 is 9.55 Å². The Morgan fingerprint density at radius 3 is 2.59 bits per heavy atom. The summed E-state index contributed by atoms with van der Waals surface area (Å²) in [5.74, 6) is 0. The van der Waals surface area contributed by atoms with Gasteiger partial charge in [0.2, 0.25) is 0 Å². The van der Waals surface area contributed by atoms with Gasteiger partial charge in [0.15, 0.2) is 4.77 Å². The van der Waals surface area contributed by atoms with Crippen LogP contribution in [0.25, 0.3) is 11.3 Å². The molecule has 3 heteroatoms. The summed E-state index contributed by atoms with van der Waals surface area (Å²) in [6.07, 6.45) is 2.36. The summed E-state index contributed by atoms with van der Waals surface area (Å²) in [5, 5.41) is 0. The average molecular weight is 246 g/mol. The van der Waals surface area contributed by atoms with Gasteiger partial charge in [-0.05, 0) is 31.1 Å². The fraction of sp³-hybridized carbons (Fsp3) is 0.357. The van der Waals surface area contributed by atoms with Crippen molar-refractivity contribution in [1.29, 1.82) is 0 Å². The van der Waals surface area contributed by atoms with Crippen molar-refractivity contribution in [3.8, 4) is 11.3 Å². The molecule has 0 aliphatic carbocycles. The normalized spacial score (nSPS) is 10.7. The lowest BCUT2D eigenvalue weighted by Gasteiger charge is -2.05. The van der Waals surface area contributed by atoms with Crippen LogP contribution in [0.1, 0.15) is 25.5 Å². The van der Waals surface area contributed by atoms with Crippen LogP contribution >= 0.6 is 12.2 Å². The second kappa shape index (κ2) is 5.32. The van der Waals surface area contributed by atoms with E-state index in [0.29, 0.717) is 0 Å². The molecule has 17 heavy (non-hydrogen) atoms. The number of rotatable bonds is 4. The molecule has 2 rings (SSSR count). The number of H-pyrrole nitrogens is 1. The summed E-state index contributed by atoms with van der Waals surface area (Å²) in [4.78, 5) is 3.32. The zero-order chi connectivity index (χ0) is 12.3. The van der Waals surface area contributed by atoms with Crippen LogP contribution in [-0.2, 0) is 6.54 Å². The van der Waals surface area contributed by atoms with E-state index >= 15 is 0 Å². The Labute approximate surface area is 107 Å². The molecule has 0 unspecified atom stereocenters. The number of benzene rings is 1. The molecule has 2 nitrogen and oxygen atoms in total. The average Bonchev–Trinajstić information content (AvgIpc) is 2.64. The van der Waals surface area contributed by atoms with Gasteiger partial charge in [0, 0.05) is 12.2 Å². The molecule has 2 aromatic rings. The zero-order valence-electron chi connectivity index (χ0n) is 10.4. The molecule has 0 saturated carbocycles. The first-order valence-corrected chi connectivity index (χ1v) is 6.49. The highest BCUT2D eigenvalue weighted by molar-refractivity contribution is 7.71. The Morgan fingerprint density at radius 2 is 1.94 bits per heavy atom. The smallest absolute Gasteiger partial charge is 0.177 e. The van der Waals surface area contributed by atoms with Gasteiger partial charge in [-0.3, -0.25) is 0 Å². The van der Waals surface area contributed by atoms with Crippen molar-refractivity contribution in [1.82, 2.24) is 9.55 Å². The number of aromatic nitrogens is 2. The zero-order valence-corrected chi connectivity index (χ0v) is 11.2. The predicted octanol–water partition coefficient (Wildman–Crippen LogP) is 4.32. The monoisotopic (exact) mass is 246 g/mol. The van der Waals surface area contributed by atoms with E-state index in [1.165, 1.54) is 24.1 Å². The number of aromatic amines is 1. The standard InChI is InChI=1S/C14H18N2S/c1-3-4-10-16-11(2)13(15-14(16)17)12-8-6-5-7-9-12/h5-9H,3-4,10H2,1-2H3,(H,15,17). The molecule has 0 bridgehead atoms. The molecule has 0 fully saturated rings. The second-order valence-electron chi connectivity index (χ2n) is 4.26. The molecule has 0 spiro atoms. The van der Waals surface area contributed by atoms with Crippen molar-refractivity contribution < 1.29 is 0 Å². The van der Waals surface area contributed by atoms with E-state index in [2.05, 4.69) is 47.7 Å². The van der Waals surface area contributed by atoms with Crippen LogP contribution in [0.3, 0.4) is 0 Å². The van der Waals surface area contributed by atoms with Crippen LogP contribution in [0.5, 0.6) is 0 Å². The first-order chi connectivity index (χ1) is 8.24. The molecular weight excluding hydrogens is 228 g/mol. The predicted molar refractivity (Wildman–Crippen MR) is 74.7 cm³/mol. The summed E-state index contributed by atoms with van der Waals surface area (Å²) < 4.78 is 3.02. The lowest BCUT2D eigenvalue weighted by Crippen LogP contribution is -2.00. The SMILES string of the molecule is CCCCn1c(C)c(-c2ccccc2)[nH]c1=S. The second-order valence-corrected chi connectivity index (χ2v) is 4.65. The van der Waals surface area contributed by atoms with E-state index in [9.17, 15) is 0 Å². The van der Waals surface area contributed by atoms with Crippen LogP contribution in [0, 0.1) is 11.7 Å². The van der Waals surface area contributed by atoms with E-state index < -0.39 is 0 Å². The van der Waals surface area contributed by atoms with E-state index in [-0.39, 0.29) is 0 Å². The van der Waals surface area contributed by atoms with Crippen molar-refractivity contribution >= 4 is 12.2 Å². The van der Waals surface area contributed by atoms with Crippen LogP contribution < -0.4 is 0 Å². The number of imidazole rings is 1. The summed E-state index contributed by atoms with van der Waals surface area (Å²) in [7, 11) is 0. The summed E-state index contributed by atoms with van der Waals surface area (Å²) >= 11 is 5.38. The third-order valence-corrected chi connectivity index (χ3v) is 3.36. The van der Waals surface area contributed by atoms with Crippen molar-refractivity contribution in [2.45, 2.75) is 33.2 Å². The highest BCUT2D eigenvalue weighted by atomic mass is 32.1. The number of nitrogens with one attached hydrogen (secondary N) is 1. The van der Waals surface area contributed by atoms with Gasteiger partial charge in [0.25, 0.3) is 0 Å². The first-order valence-electron chi connectivity index (χ1n) is 6.09. The Hall–Kier alpha value is -1.35. The molecule has 1 heterocycles. The fourth-order valence-corrected chi connectivity index (χ4v) is 2.35. The Kier molecular flexibility index (Phi) is 3.79. The summed E-state index contributed by atoms with van der Waals surface area (Å²) in [6, 6.07) is 10.3. The van der Waals surface area contributed by atoms with Crippen molar-refractivity contribution in [3.05, 3.63) is 40.8 Å². The van der Waals surface area contributed by atoms with Crippen LogP contribution in [-0.4, -0.2) is 9.55 Å². The molecule has 0 saturated heterocycles. The van der Waals surface area contributed by atoms with Gasteiger partial charge in [0.05, 0.1) is 5.69 Å². The maximum Gasteiger partial charge on any atom is 0.177 e. The number of nitrogens with zero attached hydrogens (tertiary/aromatic N) is 1. The molecule has 0 atom stereocenters. The molecule has 1 aromatic carbocycles. The topological polar surface area (TPSA) is 20.7 Å². The number of unbranched alkanes of at least 4 members (excludes halogenated alkanes) is 1. The minimum atomic E-state index is 0.829. The van der Waals surface area contributed by atoms with Gasteiger partial charge in [-0.2, -0.15) is 0 Å². The van der Waals surface area contributed by atoms with Gasteiger partial charge in [-0.25, -0.2) is 0 Å². The highest BCUT2D eigenvalue weighted by Crippen LogP contribution is 2.22. The Balaban J connectivity index is 2.41. The van der Waals surface area contributed by atoms with Gasteiger partial charge >= 0.3 is 0 Å². The molecule has 0 amide bonds. The number of hydrogen-bond donors (Lipinski definition) is 1. The van der Waals surface area contributed by atoms with Gasteiger partial charge in [0.1, 0.15) is 0 Å². The van der Waals surface area contributed by atoms with E-state index in [1.54, 1.807) is 0 Å². The first kappa shape index (κ1) is 12.1. The molecule has 0 aliphatic rings. The van der Waals surface area contributed by atoms with Crippen LogP contribution in [0.15, 0.2) is 30.3 Å². The third kappa shape index (κ3) is 2.50. The maximum absolute atomic E-state index is 5.38. The molecule has 1 aromatic heterocycles. The molecule has 90 valence electrons. The minimum Gasteiger partial charge on any atom is -0.330 e. The number of hydrogen-bond acceptors (Lipinski definition) is 1. The maximum atomic E-state index is 5.38. The van der Waals surface area contributed by atoms with Gasteiger partial charge in [-0.1, -0.05) is 43.7 Å². The van der Waals surface area contributed by atoms with Gasteiger partial charge in [-0.15, -0.1) is 0 Å². The Bertz CT molecular complexity index is 537.